The molecule has 0 saturated carbocycles. The maximum Gasteiger partial charge on any atom is 0.193 e. The van der Waals surface area contributed by atoms with E-state index in [0.29, 0.717) is 12.5 Å². The van der Waals surface area contributed by atoms with Gasteiger partial charge in [-0.1, -0.05) is 0 Å². The highest BCUT2D eigenvalue weighted by atomic mass is 16.5. The Kier molecular flexibility index (Phi) is 4.66. The van der Waals surface area contributed by atoms with Crippen molar-refractivity contribution in [2.24, 2.45) is 10.7 Å². The maximum atomic E-state index is 5.83. The highest BCUT2D eigenvalue weighted by molar-refractivity contribution is 5.92. The van der Waals surface area contributed by atoms with Crippen LogP contribution < -0.4 is 15.8 Å². The monoisotopic (exact) mass is 261 g/mol. The third-order valence-corrected chi connectivity index (χ3v) is 2.85. The second-order valence-corrected chi connectivity index (χ2v) is 4.29. The van der Waals surface area contributed by atoms with Gasteiger partial charge in [0.1, 0.15) is 11.9 Å². The lowest BCUT2D eigenvalue weighted by Crippen LogP contribution is -2.25. The third kappa shape index (κ3) is 4.21. The Bertz CT molecular complexity index is 454. The molecule has 1 atom stereocenters. The van der Waals surface area contributed by atoms with Gasteiger partial charge >= 0.3 is 0 Å². The van der Waals surface area contributed by atoms with E-state index >= 15 is 0 Å². The van der Waals surface area contributed by atoms with Crippen molar-refractivity contribution < 1.29 is 9.47 Å². The summed E-state index contributed by atoms with van der Waals surface area (Å²) in [7, 11) is 1.64. The third-order valence-electron chi connectivity index (χ3n) is 2.85. The number of hydrogen-bond acceptors (Lipinski definition) is 3. The van der Waals surface area contributed by atoms with E-state index in [2.05, 4.69) is 10.3 Å². The van der Waals surface area contributed by atoms with Gasteiger partial charge in [0.05, 0.1) is 19.9 Å². The number of ether oxygens (including phenoxy) is 2. The van der Waals surface area contributed by atoms with Crippen molar-refractivity contribution in [2.75, 3.05) is 19.0 Å². The molecule has 1 aliphatic rings. The first-order chi connectivity index (χ1) is 9.28. The number of guanidine groups is 1. The minimum absolute atomic E-state index is 0.126. The topological polar surface area (TPSA) is 68.9 Å². The highest BCUT2D eigenvalue weighted by Gasteiger charge is 2.09. The summed E-state index contributed by atoms with van der Waals surface area (Å²) in [6.07, 6.45) is 5.89. The molecule has 19 heavy (non-hydrogen) atoms. The van der Waals surface area contributed by atoms with E-state index < -0.39 is 0 Å². The molecule has 1 aromatic carbocycles. The molecule has 0 spiro atoms. The minimum Gasteiger partial charge on any atom is -0.497 e. The lowest BCUT2D eigenvalue weighted by molar-refractivity contribution is 0.131. The summed E-state index contributed by atoms with van der Waals surface area (Å²) in [5, 5.41) is 3.03. The molecule has 0 radical (unpaired) electrons. The first kappa shape index (κ1) is 13.3. The van der Waals surface area contributed by atoms with Crippen molar-refractivity contribution >= 4 is 11.6 Å². The summed E-state index contributed by atoms with van der Waals surface area (Å²) in [5.41, 5.74) is 6.71. The van der Waals surface area contributed by atoms with E-state index in [1.165, 1.54) is 0 Å². The number of nitrogens with two attached hydrogens (primary N) is 1. The number of aliphatic imine (C=N–C) groups is 1. The number of anilines is 1. The fourth-order valence-corrected chi connectivity index (χ4v) is 1.78. The predicted molar refractivity (Wildman–Crippen MR) is 76.4 cm³/mol. The Morgan fingerprint density at radius 3 is 2.89 bits per heavy atom. The van der Waals surface area contributed by atoms with Crippen molar-refractivity contribution in [3.63, 3.8) is 0 Å². The molecular formula is C14H19N3O2. The first-order valence-electron chi connectivity index (χ1n) is 6.29. The second-order valence-electron chi connectivity index (χ2n) is 4.29. The average molecular weight is 261 g/mol. The molecule has 3 N–H and O–H groups in total. The number of rotatable bonds is 4. The Hall–Kier alpha value is -2.17. The second kappa shape index (κ2) is 6.68. The van der Waals surface area contributed by atoms with Crippen LogP contribution in [0.5, 0.6) is 5.75 Å². The summed E-state index contributed by atoms with van der Waals surface area (Å²) in [4.78, 5) is 4.28. The van der Waals surface area contributed by atoms with Crippen LogP contribution in [0.4, 0.5) is 5.69 Å². The van der Waals surface area contributed by atoms with E-state index in [1.807, 2.05) is 30.3 Å². The van der Waals surface area contributed by atoms with E-state index in [4.69, 9.17) is 15.2 Å². The Morgan fingerprint density at radius 1 is 1.47 bits per heavy atom. The summed E-state index contributed by atoms with van der Waals surface area (Å²) in [6.45, 7) is 0.569. The molecule has 5 heteroatoms. The molecule has 0 aromatic heterocycles. The van der Waals surface area contributed by atoms with Gasteiger partial charge in [-0.25, -0.2) is 4.99 Å². The number of methoxy groups -OCH3 is 1. The molecule has 1 heterocycles. The molecule has 0 amide bonds. The summed E-state index contributed by atoms with van der Waals surface area (Å²) < 4.78 is 10.5. The molecule has 2 rings (SSSR count). The van der Waals surface area contributed by atoms with Crippen LogP contribution in [0.15, 0.2) is 41.6 Å². The van der Waals surface area contributed by atoms with Crippen molar-refractivity contribution in [3.05, 3.63) is 36.6 Å². The quantitative estimate of drug-likeness (QED) is 0.643. The molecule has 0 saturated heterocycles. The van der Waals surface area contributed by atoms with Crippen LogP contribution >= 0.6 is 0 Å². The van der Waals surface area contributed by atoms with Gasteiger partial charge in [-0.3, -0.25) is 0 Å². The first-order valence-corrected chi connectivity index (χ1v) is 6.29. The van der Waals surface area contributed by atoms with E-state index in [1.54, 1.807) is 13.4 Å². The number of allylic oxidation sites excluding steroid dienone is 1. The van der Waals surface area contributed by atoms with Gasteiger partial charge < -0.3 is 20.5 Å². The lowest BCUT2D eigenvalue weighted by atomic mass is 10.2. The van der Waals surface area contributed by atoms with Gasteiger partial charge in [-0.2, -0.15) is 0 Å². The van der Waals surface area contributed by atoms with Crippen LogP contribution in [0.25, 0.3) is 0 Å². The molecule has 1 unspecified atom stereocenters. The van der Waals surface area contributed by atoms with Crippen LogP contribution in [0.2, 0.25) is 0 Å². The smallest absolute Gasteiger partial charge is 0.193 e. The van der Waals surface area contributed by atoms with Gasteiger partial charge in [0, 0.05) is 5.69 Å². The molecule has 102 valence electrons. The normalized spacial score (nSPS) is 18.8. The van der Waals surface area contributed by atoms with Crippen molar-refractivity contribution in [3.8, 4) is 5.75 Å². The number of nitrogens with zero attached hydrogens (tertiary/aromatic N) is 1. The Labute approximate surface area is 113 Å². The van der Waals surface area contributed by atoms with Crippen LogP contribution in [0.3, 0.4) is 0 Å². The largest absolute Gasteiger partial charge is 0.497 e. The zero-order valence-electron chi connectivity index (χ0n) is 11.0. The molecule has 5 nitrogen and oxygen atoms in total. The van der Waals surface area contributed by atoms with Gasteiger partial charge in [0.25, 0.3) is 0 Å². The fraction of sp³-hybridized carbons (Fsp3) is 0.357. The standard InChI is InChI=1S/C14H19N3O2/c1-18-12-7-5-11(6-8-12)17-14(15)16-10-13-4-2-3-9-19-13/h3,5-9,13H,2,4,10H2,1H3,(H3,15,16,17). The molecule has 0 bridgehead atoms. The van der Waals surface area contributed by atoms with Crippen LogP contribution in [-0.4, -0.2) is 25.7 Å². The number of hydrogen-bond donors (Lipinski definition) is 2. The average Bonchev–Trinajstić information content (AvgIpc) is 2.47. The van der Waals surface area contributed by atoms with Crippen LogP contribution in [0, 0.1) is 0 Å². The van der Waals surface area contributed by atoms with E-state index in [9.17, 15) is 0 Å². The van der Waals surface area contributed by atoms with Crippen molar-refractivity contribution in [2.45, 2.75) is 18.9 Å². The SMILES string of the molecule is COc1ccc(NC(N)=NCC2CCC=CO2)cc1. The van der Waals surface area contributed by atoms with Gasteiger partial charge in [0.15, 0.2) is 5.96 Å². The maximum absolute atomic E-state index is 5.83. The summed E-state index contributed by atoms with van der Waals surface area (Å²) in [6, 6.07) is 7.51. The lowest BCUT2D eigenvalue weighted by Gasteiger charge is -2.17. The molecule has 1 aromatic rings. The Balaban J connectivity index is 1.84. The van der Waals surface area contributed by atoms with Gasteiger partial charge in [0.2, 0.25) is 0 Å². The number of benzene rings is 1. The van der Waals surface area contributed by atoms with E-state index in [-0.39, 0.29) is 6.10 Å². The van der Waals surface area contributed by atoms with Crippen LogP contribution in [0.1, 0.15) is 12.8 Å². The van der Waals surface area contributed by atoms with Crippen molar-refractivity contribution in [1.82, 2.24) is 0 Å². The Morgan fingerprint density at radius 2 is 2.26 bits per heavy atom. The molecule has 0 fully saturated rings. The zero-order chi connectivity index (χ0) is 13.5. The zero-order valence-corrected chi connectivity index (χ0v) is 11.0. The van der Waals surface area contributed by atoms with Gasteiger partial charge in [-0.05, 0) is 43.2 Å². The summed E-state index contributed by atoms with van der Waals surface area (Å²) >= 11 is 0. The molecule has 1 aliphatic heterocycles. The van der Waals surface area contributed by atoms with Crippen LogP contribution in [-0.2, 0) is 4.74 Å². The molecule has 0 aliphatic carbocycles. The summed E-state index contributed by atoms with van der Waals surface area (Å²) in [5.74, 6) is 1.20. The number of nitrogens with one attached hydrogen (secondary N) is 1. The van der Waals surface area contributed by atoms with Crippen molar-refractivity contribution in [1.29, 1.82) is 0 Å². The van der Waals surface area contributed by atoms with Gasteiger partial charge in [-0.15, -0.1) is 0 Å². The fourth-order valence-electron chi connectivity index (χ4n) is 1.78. The minimum atomic E-state index is 0.126. The van der Waals surface area contributed by atoms with E-state index in [0.717, 1.165) is 24.3 Å². The highest BCUT2D eigenvalue weighted by Crippen LogP contribution is 2.15. The molecular weight excluding hydrogens is 242 g/mol. The predicted octanol–water partition coefficient (Wildman–Crippen LogP) is 2.11.